The van der Waals surface area contributed by atoms with Gasteiger partial charge in [0.05, 0.1) is 117 Å². The van der Waals surface area contributed by atoms with E-state index in [1.807, 2.05) is 30.3 Å². The Morgan fingerprint density at radius 2 is 0.988 bits per heavy atom. The number of nitrogens with zero attached hydrogens (tertiary/aromatic N) is 3. The van der Waals surface area contributed by atoms with Crippen molar-refractivity contribution >= 4 is 104 Å². The number of rotatable bonds is 11. The van der Waals surface area contributed by atoms with E-state index in [2.05, 4.69) is 50.6 Å². The Kier molecular flexibility index (Phi) is 39.0. The molecule has 0 saturated carbocycles. The fraction of sp³-hybridized carbons (Fsp3) is 0.636. The number of hydrogen-bond donors (Lipinski definition) is 3. The number of thioether (sulfide) groups is 4. The van der Waals surface area contributed by atoms with Gasteiger partial charge in [0, 0.05) is 112 Å². The summed E-state index contributed by atoms with van der Waals surface area (Å²) in [5.74, 6) is 3.18. The lowest BCUT2D eigenvalue weighted by molar-refractivity contribution is -0.132. The van der Waals surface area contributed by atoms with Gasteiger partial charge in [0.1, 0.15) is 13.2 Å². The molecular weight excluding hydrogens is 1160 g/mol. The number of carbonyl (C=O) groups is 4. The summed E-state index contributed by atoms with van der Waals surface area (Å²) >= 11 is 7.12. The molecule has 1 aromatic rings. The molecule has 2 fully saturated rings. The van der Waals surface area contributed by atoms with Crippen molar-refractivity contribution < 1.29 is 66.7 Å². The number of benzene rings is 1. The lowest BCUT2D eigenvalue weighted by Crippen LogP contribution is -2.42. The Morgan fingerprint density at radius 1 is 0.543 bits per heavy atom. The molecule has 0 atom stereocenters. The molecule has 3 N–H and O–H groups in total. The molecule has 4 aliphatic rings. The quantitative estimate of drug-likeness (QED) is 0.154. The first kappa shape index (κ1) is 68.6. The summed E-state index contributed by atoms with van der Waals surface area (Å²) in [5.41, 5.74) is 1.95. The zero-order valence-corrected chi connectivity index (χ0v) is 51.4. The highest BCUT2D eigenvalue weighted by molar-refractivity contribution is 8.76. The van der Waals surface area contributed by atoms with Crippen molar-refractivity contribution in [2.45, 2.75) is 49.8 Å². The second-order valence-electron chi connectivity index (χ2n) is 17.8. The number of hydrogen-bond acceptors (Lipinski definition) is 22. The molecule has 452 valence electrons. The molecule has 2 saturated heterocycles. The monoisotopic (exact) mass is 1240 g/mol. The number of oxime groups is 2. The molecule has 81 heavy (non-hydrogen) atoms. The number of ether oxygens (including phenoxy) is 8. The van der Waals surface area contributed by atoms with Crippen molar-refractivity contribution in [2.24, 2.45) is 10.3 Å². The van der Waals surface area contributed by atoms with Crippen LogP contribution in [0.2, 0.25) is 0 Å². The Balaban J connectivity index is 0.987. The lowest BCUT2D eigenvalue weighted by atomic mass is 10.1. The van der Waals surface area contributed by atoms with Crippen molar-refractivity contribution in [2.75, 3.05) is 180 Å². The van der Waals surface area contributed by atoms with Gasteiger partial charge >= 0.3 is 0 Å². The number of allylic oxidation sites excluding steroid dienone is 4. The van der Waals surface area contributed by atoms with Crippen LogP contribution in [0.3, 0.4) is 0 Å². The van der Waals surface area contributed by atoms with Crippen molar-refractivity contribution in [1.82, 2.24) is 20.9 Å². The van der Waals surface area contributed by atoms with Crippen LogP contribution in [0, 0.1) is 0 Å². The van der Waals surface area contributed by atoms with Crippen molar-refractivity contribution in [3.63, 3.8) is 0 Å². The molecule has 1 aromatic carbocycles. The molecule has 0 aromatic heterocycles. The van der Waals surface area contributed by atoms with Crippen LogP contribution >= 0.6 is 68.6 Å². The fourth-order valence-corrected chi connectivity index (χ4v) is 14.3. The molecular formula is C55H82N6O14S6. The fourth-order valence-electron chi connectivity index (χ4n) is 7.27. The van der Waals surface area contributed by atoms with E-state index in [-0.39, 0.29) is 75.9 Å². The van der Waals surface area contributed by atoms with Gasteiger partial charge in [-0.25, -0.2) is 0 Å². The van der Waals surface area contributed by atoms with Gasteiger partial charge in [-0.3, -0.25) is 19.2 Å². The minimum atomic E-state index is -0.196. The standard InChI is InChI=1S/C55H82N6O14S6/c62-50-14-22-66-24-26-68-28-30-70-32-34-72-36-38-74-59-45-41-76-48-11-6-7-12-49-55(54(48)78-43-45)79-44-46(42-77-49)60-75-39-37-73-35-33-71-31-29-69-27-25-67-23-15-51(63)58-19-21-61(20-18-57-50)53(65)13-5-2-8-17-56-52(64)16-40-80-81-47-9-3-1-4-10-47/h1,3-4,6-7,9-12H,2,5,8,13-44H2,(H,56,64)(H,57,62)(H,58,63). The summed E-state index contributed by atoms with van der Waals surface area (Å²) in [6, 6.07) is 10.1. The van der Waals surface area contributed by atoms with Crippen LogP contribution in [-0.2, 0) is 66.7 Å². The van der Waals surface area contributed by atoms with E-state index in [1.165, 1.54) is 19.6 Å². The van der Waals surface area contributed by atoms with Crippen LogP contribution in [0.15, 0.2) is 89.5 Å². The second kappa shape index (κ2) is 46.1. The number of unbranched alkanes of at least 4 members (excludes halogenated alkanes) is 2. The van der Waals surface area contributed by atoms with Gasteiger partial charge in [0.2, 0.25) is 23.6 Å². The molecule has 4 bridgehead atoms. The lowest BCUT2D eigenvalue weighted by Gasteiger charge is -2.23. The summed E-state index contributed by atoms with van der Waals surface area (Å²) in [5, 5.41) is 17.7. The predicted octanol–water partition coefficient (Wildman–Crippen LogP) is 6.74. The van der Waals surface area contributed by atoms with E-state index in [4.69, 9.17) is 47.6 Å². The Labute approximate surface area is 503 Å². The Hall–Kier alpha value is -3.22. The third kappa shape index (κ3) is 33.2. The summed E-state index contributed by atoms with van der Waals surface area (Å²) in [6.07, 6.45) is 11.8. The topological polar surface area (TPSA) is 225 Å². The largest absolute Gasteiger partial charge is 0.393 e. The number of nitrogens with one attached hydrogen (secondary N) is 3. The Morgan fingerprint density at radius 3 is 1.47 bits per heavy atom. The van der Waals surface area contributed by atoms with Gasteiger partial charge < -0.3 is 68.4 Å². The van der Waals surface area contributed by atoms with Crippen LogP contribution in [0.4, 0.5) is 0 Å². The molecule has 4 amide bonds. The van der Waals surface area contributed by atoms with Crippen LogP contribution < -0.4 is 16.0 Å². The number of amides is 4. The van der Waals surface area contributed by atoms with Crippen LogP contribution in [0.25, 0.3) is 0 Å². The maximum atomic E-state index is 13.4. The molecule has 0 unspecified atom stereocenters. The molecule has 26 heteroatoms. The molecule has 0 radical (unpaired) electrons. The SMILES string of the molecule is O=C1CCOCCOCCOCCOCCON=C2CSC3=CC=CC=C4SCC(=NOCCOCCOCCOCCOCCC(=O)NCCN(C(=O)CCCCCNC(=O)CCSSc5ccccc5)CCN1)CSC4=C3SC2. The van der Waals surface area contributed by atoms with Gasteiger partial charge in [-0.15, -0.1) is 47.0 Å². The third-order valence-corrected chi connectivity index (χ3v) is 18.9. The highest BCUT2D eigenvalue weighted by Gasteiger charge is 2.26. The van der Waals surface area contributed by atoms with E-state index >= 15 is 0 Å². The van der Waals surface area contributed by atoms with E-state index in [0.29, 0.717) is 137 Å². The molecule has 0 spiro atoms. The van der Waals surface area contributed by atoms with E-state index in [0.717, 1.165) is 52.2 Å². The zero-order valence-electron chi connectivity index (χ0n) is 46.5. The number of fused-ring (bicyclic) bond motifs is 4. The summed E-state index contributed by atoms with van der Waals surface area (Å²) in [6.45, 7) is 8.19. The Bertz CT molecular complexity index is 2060. The maximum Gasteiger partial charge on any atom is 0.222 e. The molecule has 3 aliphatic heterocycles. The minimum Gasteiger partial charge on any atom is -0.393 e. The first-order chi connectivity index (χ1) is 39.9. The average molecular weight is 1240 g/mol. The van der Waals surface area contributed by atoms with Crippen molar-refractivity contribution in [3.8, 4) is 0 Å². The molecule has 5 rings (SSSR count). The predicted molar refractivity (Wildman–Crippen MR) is 328 cm³/mol. The minimum absolute atomic E-state index is 0.0160. The zero-order chi connectivity index (χ0) is 56.9. The van der Waals surface area contributed by atoms with Crippen molar-refractivity contribution in [1.29, 1.82) is 0 Å². The summed E-state index contributed by atoms with van der Waals surface area (Å²) < 4.78 is 45.0. The third-order valence-electron chi connectivity index (χ3n) is 11.5. The highest BCUT2D eigenvalue weighted by Crippen LogP contribution is 2.48. The normalized spacial score (nSPS) is 20.5. The van der Waals surface area contributed by atoms with Crippen LogP contribution in [-0.4, -0.2) is 220 Å². The smallest absolute Gasteiger partial charge is 0.222 e. The van der Waals surface area contributed by atoms with E-state index in [1.54, 1.807) is 73.5 Å². The van der Waals surface area contributed by atoms with Gasteiger partial charge in [-0.1, -0.05) is 68.7 Å². The highest BCUT2D eigenvalue weighted by atomic mass is 33.1. The first-order valence-electron chi connectivity index (χ1n) is 27.7. The summed E-state index contributed by atoms with van der Waals surface area (Å²) in [7, 11) is 3.31. The van der Waals surface area contributed by atoms with E-state index < -0.39 is 0 Å². The molecule has 20 nitrogen and oxygen atoms in total. The van der Waals surface area contributed by atoms with E-state index in [9.17, 15) is 19.2 Å². The van der Waals surface area contributed by atoms with Gasteiger partial charge in [0.25, 0.3) is 0 Å². The van der Waals surface area contributed by atoms with Crippen molar-refractivity contribution in [3.05, 3.63) is 74.3 Å². The van der Waals surface area contributed by atoms with Gasteiger partial charge in [-0.2, -0.15) is 0 Å². The van der Waals surface area contributed by atoms with Gasteiger partial charge in [0.15, 0.2) is 0 Å². The second-order valence-corrected chi connectivity index (χ2v) is 24.3. The first-order valence-corrected chi connectivity index (χ1v) is 34.0. The maximum absolute atomic E-state index is 13.4. The summed E-state index contributed by atoms with van der Waals surface area (Å²) in [4.78, 5) is 70.1. The average Bonchev–Trinajstić information content (AvgIpc) is 3.80. The number of carbonyl (C=O) groups excluding carboxylic acids is 4. The molecule has 1 aliphatic carbocycles. The van der Waals surface area contributed by atoms with Crippen LogP contribution in [0.5, 0.6) is 0 Å². The molecule has 3 heterocycles. The van der Waals surface area contributed by atoms with Crippen LogP contribution in [0.1, 0.15) is 44.9 Å². The van der Waals surface area contributed by atoms with Gasteiger partial charge in [-0.05, 0) is 37.1 Å².